The Morgan fingerprint density at radius 2 is 2.00 bits per heavy atom. The molecular formula is C13H28N2. The van der Waals surface area contributed by atoms with Crippen LogP contribution in [0, 0.1) is 5.92 Å². The molecule has 0 saturated carbocycles. The summed E-state index contributed by atoms with van der Waals surface area (Å²) < 4.78 is 0. The highest BCUT2D eigenvalue weighted by atomic mass is 15.2. The molecule has 0 aliphatic carbocycles. The Labute approximate surface area is 95.4 Å². The van der Waals surface area contributed by atoms with Crippen LogP contribution in [0.15, 0.2) is 0 Å². The number of piperazine rings is 1. The van der Waals surface area contributed by atoms with Gasteiger partial charge < -0.3 is 5.32 Å². The summed E-state index contributed by atoms with van der Waals surface area (Å²) in [7, 11) is 0. The van der Waals surface area contributed by atoms with Crippen LogP contribution in [-0.4, -0.2) is 36.1 Å². The van der Waals surface area contributed by atoms with Gasteiger partial charge in [0.15, 0.2) is 0 Å². The predicted octanol–water partition coefficient (Wildman–Crippen LogP) is 2.49. The summed E-state index contributed by atoms with van der Waals surface area (Å²) in [4.78, 5) is 2.69. The lowest BCUT2D eigenvalue weighted by atomic mass is 9.99. The molecule has 15 heavy (non-hydrogen) atoms. The van der Waals surface area contributed by atoms with Gasteiger partial charge in [-0.3, -0.25) is 4.90 Å². The fourth-order valence-electron chi connectivity index (χ4n) is 2.66. The van der Waals surface area contributed by atoms with Crippen molar-refractivity contribution in [2.24, 2.45) is 5.92 Å². The molecule has 0 bridgehead atoms. The molecule has 3 atom stereocenters. The molecule has 1 saturated heterocycles. The second-order valence-electron chi connectivity index (χ2n) is 5.54. The molecular weight excluding hydrogens is 184 g/mol. The van der Waals surface area contributed by atoms with Gasteiger partial charge in [0.2, 0.25) is 0 Å². The fourth-order valence-corrected chi connectivity index (χ4v) is 2.66. The normalized spacial score (nSPS) is 30.8. The number of nitrogens with zero attached hydrogens (tertiary/aromatic N) is 1. The van der Waals surface area contributed by atoms with Gasteiger partial charge in [0.25, 0.3) is 0 Å². The zero-order chi connectivity index (χ0) is 11.4. The van der Waals surface area contributed by atoms with Crippen molar-refractivity contribution in [3.63, 3.8) is 0 Å². The highest BCUT2D eigenvalue weighted by Crippen LogP contribution is 2.17. The van der Waals surface area contributed by atoms with Crippen LogP contribution in [0.5, 0.6) is 0 Å². The Balaban J connectivity index is 2.49. The summed E-state index contributed by atoms with van der Waals surface area (Å²) in [5, 5.41) is 3.62. The molecule has 90 valence electrons. The Hall–Kier alpha value is -0.0800. The molecule has 0 radical (unpaired) electrons. The van der Waals surface area contributed by atoms with Crippen molar-refractivity contribution in [1.82, 2.24) is 10.2 Å². The smallest absolute Gasteiger partial charge is 0.0195 e. The quantitative estimate of drug-likeness (QED) is 0.770. The van der Waals surface area contributed by atoms with E-state index in [1.807, 2.05) is 0 Å². The summed E-state index contributed by atoms with van der Waals surface area (Å²) in [6.45, 7) is 14.0. The molecule has 3 unspecified atom stereocenters. The molecule has 1 rings (SSSR count). The first-order chi connectivity index (χ1) is 7.04. The standard InChI is InChI=1S/C13H28N2/c1-6-13-9-15(12(5)8-14-13)11(4)7-10(2)3/h10-14H,6-9H2,1-5H3. The van der Waals surface area contributed by atoms with E-state index in [0.29, 0.717) is 12.1 Å². The van der Waals surface area contributed by atoms with Crippen LogP contribution < -0.4 is 5.32 Å². The number of hydrogen-bond donors (Lipinski definition) is 1. The molecule has 2 heteroatoms. The molecule has 1 N–H and O–H groups in total. The van der Waals surface area contributed by atoms with Gasteiger partial charge in [0.05, 0.1) is 0 Å². The fraction of sp³-hybridized carbons (Fsp3) is 1.00. The van der Waals surface area contributed by atoms with E-state index >= 15 is 0 Å². The first-order valence-electron chi connectivity index (χ1n) is 6.53. The molecule has 0 aromatic rings. The maximum Gasteiger partial charge on any atom is 0.0195 e. The third-order valence-corrected chi connectivity index (χ3v) is 3.57. The van der Waals surface area contributed by atoms with Gasteiger partial charge >= 0.3 is 0 Å². The number of hydrogen-bond acceptors (Lipinski definition) is 2. The van der Waals surface area contributed by atoms with Crippen LogP contribution in [0.25, 0.3) is 0 Å². The summed E-state index contributed by atoms with van der Waals surface area (Å²) >= 11 is 0. The maximum absolute atomic E-state index is 3.62. The number of nitrogens with one attached hydrogen (secondary N) is 1. The van der Waals surface area contributed by atoms with E-state index in [-0.39, 0.29) is 0 Å². The summed E-state index contributed by atoms with van der Waals surface area (Å²) in [5.41, 5.74) is 0. The molecule has 0 spiro atoms. The average molecular weight is 212 g/mol. The Kier molecular flexibility index (Phi) is 5.07. The van der Waals surface area contributed by atoms with Crippen molar-refractivity contribution in [2.45, 2.75) is 65.6 Å². The molecule has 0 aromatic carbocycles. The van der Waals surface area contributed by atoms with Crippen molar-refractivity contribution < 1.29 is 0 Å². The third-order valence-electron chi connectivity index (χ3n) is 3.57. The molecule has 2 nitrogen and oxygen atoms in total. The third kappa shape index (κ3) is 3.76. The largest absolute Gasteiger partial charge is 0.311 e. The van der Waals surface area contributed by atoms with E-state index in [4.69, 9.17) is 0 Å². The van der Waals surface area contributed by atoms with Crippen LogP contribution in [-0.2, 0) is 0 Å². The molecule has 0 amide bonds. The zero-order valence-corrected chi connectivity index (χ0v) is 11.1. The van der Waals surface area contributed by atoms with Crippen molar-refractivity contribution >= 4 is 0 Å². The predicted molar refractivity (Wildman–Crippen MR) is 67.2 cm³/mol. The van der Waals surface area contributed by atoms with E-state index in [0.717, 1.165) is 18.5 Å². The summed E-state index contributed by atoms with van der Waals surface area (Å²) in [6.07, 6.45) is 2.57. The first-order valence-corrected chi connectivity index (χ1v) is 6.53. The van der Waals surface area contributed by atoms with Gasteiger partial charge in [-0.2, -0.15) is 0 Å². The van der Waals surface area contributed by atoms with E-state index < -0.39 is 0 Å². The van der Waals surface area contributed by atoms with Crippen LogP contribution in [0.1, 0.15) is 47.5 Å². The van der Waals surface area contributed by atoms with Crippen molar-refractivity contribution in [3.05, 3.63) is 0 Å². The van der Waals surface area contributed by atoms with Gasteiger partial charge in [0, 0.05) is 31.2 Å². The molecule has 1 aliphatic heterocycles. The minimum Gasteiger partial charge on any atom is -0.311 e. The van der Waals surface area contributed by atoms with E-state index in [1.165, 1.54) is 19.4 Å². The average Bonchev–Trinajstić information content (AvgIpc) is 2.17. The second-order valence-corrected chi connectivity index (χ2v) is 5.54. The van der Waals surface area contributed by atoms with Crippen LogP contribution in [0.4, 0.5) is 0 Å². The SMILES string of the molecule is CCC1CN(C(C)CC(C)C)C(C)CN1. The van der Waals surface area contributed by atoms with Crippen molar-refractivity contribution in [1.29, 1.82) is 0 Å². The number of rotatable bonds is 4. The Morgan fingerprint density at radius 3 is 2.53 bits per heavy atom. The minimum absolute atomic E-state index is 0.696. The maximum atomic E-state index is 3.62. The molecule has 1 aliphatic rings. The summed E-state index contributed by atoms with van der Waals surface area (Å²) in [6, 6.07) is 2.13. The van der Waals surface area contributed by atoms with Gasteiger partial charge in [-0.05, 0) is 32.6 Å². The van der Waals surface area contributed by atoms with Crippen molar-refractivity contribution in [3.8, 4) is 0 Å². The lowest BCUT2D eigenvalue weighted by molar-refractivity contribution is 0.0869. The molecule has 1 heterocycles. The monoisotopic (exact) mass is 212 g/mol. The van der Waals surface area contributed by atoms with Gasteiger partial charge in [0.1, 0.15) is 0 Å². The second kappa shape index (κ2) is 5.86. The van der Waals surface area contributed by atoms with Gasteiger partial charge in [-0.15, -0.1) is 0 Å². The minimum atomic E-state index is 0.696. The van der Waals surface area contributed by atoms with Crippen LogP contribution in [0.2, 0.25) is 0 Å². The highest BCUT2D eigenvalue weighted by molar-refractivity contribution is 4.86. The lowest BCUT2D eigenvalue weighted by Gasteiger charge is -2.42. The van der Waals surface area contributed by atoms with Crippen LogP contribution in [0.3, 0.4) is 0 Å². The van der Waals surface area contributed by atoms with Crippen molar-refractivity contribution in [2.75, 3.05) is 13.1 Å². The van der Waals surface area contributed by atoms with E-state index in [2.05, 4.69) is 44.8 Å². The Bertz CT molecular complexity index is 179. The first kappa shape index (κ1) is 13.0. The van der Waals surface area contributed by atoms with Gasteiger partial charge in [-0.1, -0.05) is 20.8 Å². The zero-order valence-electron chi connectivity index (χ0n) is 11.1. The Morgan fingerprint density at radius 1 is 1.33 bits per heavy atom. The summed E-state index contributed by atoms with van der Waals surface area (Å²) in [5.74, 6) is 0.808. The topological polar surface area (TPSA) is 15.3 Å². The lowest BCUT2D eigenvalue weighted by Crippen LogP contribution is -2.57. The molecule has 0 aromatic heterocycles. The molecule has 1 fully saturated rings. The van der Waals surface area contributed by atoms with E-state index in [1.54, 1.807) is 0 Å². The van der Waals surface area contributed by atoms with Gasteiger partial charge in [-0.25, -0.2) is 0 Å². The van der Waals surface area contributed by atoms with E-state index in [9.17, 15) is 0 Å². The van der Waals surface area contributed by atoms with Crippen LogP contribution >= 0.6 is 0 Å². The highest BCUT2D eigenvalue weighted by Gasteiger charge is 2.27.